The highest BCUT2D eigenvalue weighted by Gasteiger charge is 2.00. The molecule has 5 heteroatoms. The van der Waals surface area contributed by atoms with Crippen LogP contribution in [0, 0.1) is 0 Å². The van der Waals surface area contributed by atoms with Gasteiger partial charge in [0.1, 0.15) is 5.76 Å². The van der Waals surface area contributed by atoms with Crippen molar-refractivity contribution in [2.24, 2.45) is 7.05 Å². The van der Waals surface area contributed by atoms with Crippen molar-refractivity contribution < 1.29 is 8.94 Å². The highest BCUT2D eigenvalue weighted by Crippen LogP contribution is 2.13. The Kier molecular flexibility index (Phi) is 8.75. The van der Waals surface area contributed by atoms with Gasteiger partial charge in [-0.3, -0.25) is 4.68 Å². The van der Waals surface area contributed by atoms with Gasteiger partial charge in [0.05, 0.1) is 24.9 Å². The molecule has 138 valence electrons. The highest BCUT2D eigenvalue weighted by atomic mass is 16.5. The lowest BCUT2D eigenvalue weighted by Crippen LogP contribution is -1.85. The fourth-order valence-corrected chi connectivity index (χ4v) is 1.87. The fraction of sp³-hybridized carbons (Fsp3) is 0.500. The lowest BCUT2D eigenvalue weighted by atomic mass is 10.1. The van der Waals surface area contributed by atoms with E-state index in [0.29, 0.717) is 17.8 Å². The van der Waals surface area contributed by atoms with Crippen molar-refractivity contribution in [3.8, 4) is 0 Å². The normalized spacial score (nSPS) is 10.5. The van der Waals surface area contributed by atoms with Crippen LogP contribution in [0.3, 0.4) is 0 Å². The SMILES string of the molecule is CC(C)c1ccno1.CC(C)c1ccoc1.CC(C)c1cnn(C)c1. The van der Waals surface area contributed by atoms with Gasteiger partial charge in [-0.15, -0.1) is 0 Å². The summed E-state index contributed by atoms with van der Waals surface area (Å²) in [5.74, 6) is 2.59. The topological polar surface area (TPSA) is 57.0 Å². The van der Waals surface area contributed by atoms with Crippen LogP contribution in [-0.2, 0) is 7.05 Å². The van der Waals surface area contributed by atoms with Gasteiger partial charge in [0.2, 0.25) is 0 Å². The molecule has 0 bridgehead atoms. The third-order valence-electron chi connectivity index (χ3n) is 3.63. The third kappa shape index (κ3) is 7.88. The van der Waals surface area contributed by atoms with E-state index in [-0.39, 0.29) is 0 Å². The van der Waals surface area contributed by atoms with Gasteiger partial charge in [0.15, 0.2) is 0 Å². The zero-order valence-corrected chi connectivity index (χ0v) is 16.4. The minimum atomic E-state index is 0.456. The Morgan fingerprint density at radius 2 is 1.60 bits per heavy atom. The highest BCUT2D eigenvalue weighted by molar-refractivity contribution is 5.09. The number of rotatable bonds is 3. The molecule has 3 aromatic rings. The van der Waals surface area contributed by atoms with E-state index in [0.717, 1.165) is 5.76 Å². The second-order valence-electron chi connectivity index (χ2n) is 6.88. The Hall–Kier alpha value is -2.30. The smallest absolute Gasteiger partial charge is 0.139 e. The molecule has 0 fully saturated rings. The Balaban J connectivity index is 0.000000188. The molecule has 0 spiro atoms. The predicted molar refractivity (Wildman–Crippen MR) is 101 cm³/mol. The van der Waals surface area contributed by atoms with Gasteiger partial charge in [0.25, 0.3) is 0 Å². The first-order valence-electron chi connectivity index (χ1n) is 8.72. The third-order valence-corrected chi connectivity index (χ3v) is 3.63. The maximum absolute atomic E-state index is 4.88. The molecule has 0 unspecified atom stereocenters. The molecular weight excluding hydrogens is 314 g/mol. The Morgan fingerprint density at radius 1 is 0.920 bits per heavy atom. The molecule has 3 heterocycles. The molecule has 0 radical (unpaired) electrons. The summed E-state index contributed by atoms with van der Waals surface area (Å²) in [4.78, 5) is 0. The van der Waals surface area contributed by atoms with Gasteiger partial charge in [-0.25, -0.2) is 0 Å². The van der Waals surface area contributed by atoms with Crippen LogP contribution in [0.15, 0.2) is 52.2 Å². The quantitative estimate of drug-likeness (QED) is 0.607. The molecule has 0 aliphatic rings. The van der Waals surface area contributed by atoms with E-state index in [1.165, 1.54) is 11.1 Å². The first-order valence-corrected chi connectivity index (χ1v) is 8.72. The molecule has 0 N–H and O–H groups in total. The summed E-state index contributed by atoms with van der Waals surface area (Å²) < 4.78 is 11.5. The molecule has 5 nitrogen and oxygen atoms in total. The Labute approximate surface area is 151 Å². The first-order chi connectivity index (χ1) is 11.8. The summed E-state index contributed by atoms with van der Waals surface area (Å²) in [6.45, 7) is 12.8. The maximum atomic E-state index is 4.88. The summed E-state index contributed by atoms with van der Waals surface area (Å²) in [6.07, 6.45) is 9.10. The van der Waals surface area contributed by atoms with Gasteiger partial charge >= 0.3 is 0 Å². The summed E-state index contributed by atoms with van der Waals surface area (Å²) in [7, 11) is 1.94. The van der Waals surface area contributed by atoms with E-state index in [9.17, 15) is 0 Å². The van der Waals surface area contributed by atoms with Gasteiger partial charge in [-0.2, -0.15) is 5.10 Å². The largest absolute Gasteiger partial charge is 0.472 e. The molecule has 3 rings (SSSR count). The molecule has 0 aliphatic heterocycles. The van der Waals surface area contributed by atoms with E-state index >= 15 is 0 Å². The van der Waals surface area contributed by atoms with Crippen molar-refractivity contribution in [3.05, 3.63) is 60.1 Å². The van der Waals surface area contributed by atoms with Crippen LogP contribution in [0.4, 0.5) is 0 Å². The van der Waals surface area contributed by atoms with Crippen molar-refractivity contribution in [1.29, 1.82) is 0 Å². The van der Waals surface area contributed by atoms with Crippen molar-refractivity contribution in [2.75, 3.05) is 0 Å². The zero-order chi connectivity index (χ0) is 18.8. The first kappa shape index (κ1) is 20.7. The lowest BCUT2D eigenvalue weighted by molar-refractivity contribution is 0.371. The van der Waals surface area contributed by atoms with E-state index in [2.05, 4.69) is 51.8 Å². The second-order valence-corrected chi connectivity index (χ2v) is 6.88. The standard InChI is InChI=1S/C7H12N2.C7H10O.C6H9NO/c1-6(2)7-4-8-9(3)5-7;1-6(2)7-3-4-8-5-7;1-5(2)6-3-4-7-8-6/h4-6H,1-3H3;3-6H,1-2H3;3-5H,1-2H3. The molecule has 3 aromatic heterocycles. The van der Waals surface area contributed by atoms with Crippen LogP contribution in [0.5, 0.6) is 0 Å². The molecule has 25 heavy (non-hydrogen) atoms. The molecule has 0 atom stereocenters. The minimum absolute atomic E-state index is 0.456. The van der Waals surface area contributed by atoms with Crippen LogP contribution < -0.4 is 0 Å². The van der Waals surface area contributed by atoms with Crippen LogP contribution in [0.1, 0.15) is 76.2 Å². The summed E-state index contributed by atoms with van der Waals surface area (Å²) in [6, 6.07) is 3.87. The molecule has 0 amide bonds. The predicted octanol–water partition coefficient (Wildman–Crippen LogP) is 5.74. The van der Waals surface area contributed by atoms with E-state index < -0.39 is 0 Å². The molecule has 0 aliphatic carbocycles. The number of hydrogen-bond donors (Lipinski definition) is 0. The van der Waals surface area contributed by atoms with Gasteiger partial charge < -0.3 is 8.94 Å². The Bertz CT molecular complexity index is 627. The number of aryl methyl sites for hydroxylation is 1. The van der Waals surface area contributed by atoms with E-state index in [4.69, 9.17) is 8.94 Å². The molecular formula is C20H31N3O2. The zero-order valence-electron chi connectivity index (χ0n) is 16.4. The summed E-state index contributed by atoms with van der Waals surface area (Å²) >= 11 is 0. The molecule has 0 saturated heterocycles. The Morgan fingerprint density at radius 3 is 1.84 bits per heavy atom. The number of hydrogen-bond acceptors (Lipinski definition) is 4. The number of furan rings is 1. The van der Waals surface area contributed by atoms with Gasteiger partial charge in [0, 0.05) is 25.2 Å². The van der Waals surface area contributed by atoms with Crippen molar-refractivity contribution in [1.82, 2.24) is 14.9 Å². The van der Waals surface area contributed by atoms with E-state index in [1.807, 2.05) is 36.3 Å². The van der Waals surface area contributed by atoms with Crippen LogP contribution in [-0.4, -0.2) is 14.9 Å². The maximum Gasteiger partial charge on any atom is 0.139 e. The van der Waals surface area contributed by atoms with Crippen molar-refractivity contribution >= 4 is 0 Å². The van der Waals surface area contributed by atoms with Crippen LogP contribution in [0.2, 0.25) is 0 Å². The number of aromatic nitrogens is 3. The molecule has 0 aromatic carbocycles. The average Bonchev–Trinajstić information content (AvgIpc) is 3.31. The van der Waals surface area contributed by atoms with Gasteiger partial charge in [-0.1, -0.05) is 46.7 Å². The van der Waals surface area contributed by atoms with Crippen molar-refractivity contribution in [2.45, 2.75) is 59.3 Å². The average molecular weight is 345 g/mol. The molecule has 0 saturated carbocycles. The summed E-state index contributed by atoms with van der Waals surface area (Å²) in [5.41, 5.74) is 2.57. The van der Waals surface area contributed by atoms with Gasteiger partial charge in [-0.05, 0) is 29.0 Å². The monoisotopic (exact) mass is 345 g/mol. The second kappa shape index (κ2) is 10.5. The summed E-state index contributed by atoms with van der Waals surface area (Å²) in [5, 5.41) is 7.62. The van der Waals surface area contributed by atoms with E-state index in [1.54, 1.807) is 18.7 Å². The number of nitrogens with zero attached hydrogens (tertiary/aromatic N) is 3. The lowest BCUT2D eigenvalue weighted by Gasteiger charge is -1.95. The van der Waals surface area contributed by atoms with Crippen LogP contribution >= 0.6 is 0 Å². The fourth-order valence-electron chi connectivity index (χ4n) is 1.87. The van der Waals surface area contributed by atoms with Crippen molar-refractivity contribution in [3.63, 3.8) is 0 Å². The minimum Gasteiger partial charge on any atom is -0.472 e. The van der Waals surface area contributed by atoms with Crippen LogP contribution in [0.25, 0.3) is 0 Å².